The lowest BCUT2D eigenvalue weighted by Gasteiger charge is -2.03. The summed E-state index contributed by atoms with van der Waals surface area (Å²) in [5.74, 6) is 6.74. The fraction of sp³-hybridized carbons (Fsp3) is 0.857. The van der Waals surface area contributed by atoms with E-state index in [1.54, 1.807) is 0 Å². The van der Waals surface area contributed by atoms with Crippen LogP contribution in [0, 0.1) is 25.7 Å². The maximum absolute atomic E-state index is 3.91. The minimum atomic E-state index is 1.09. The van der Waals surface area contributed by atoms with Crippen molar-refractivity contribution in [3.05, 3.63) is 13.8 Å². The van der Waals surface area contributed by atoms with E-state index in [-0.39, 0.29) is 0 Å². The third-order valence-electron chi connectivity index (χ3n) is 5.73. The zero-order valence-corrected chi connectivity index (χ0v) is 19.4. The predicted molar refractivity (Wildman–Crippen MR) is 129 cm³/mol. The molecule has 0 fully saturated rings. The summed E-state index contributed by atoms with van der Waals surface area (Å²) in [4.78, 5) is 0. The molecule has 0 saturated heterocycles. The van der Waals surface area contributed by atoms with Gasteiger partial charge in [-0.25, -0.2) is 0 Å². The summed E-state index contributed by atoms with van der Waals surface area (Å²) in [6.07, 6.45) is 32.5. The number of rotatable bonds is 22. The van der Waals surface area contributed by atoms with Gasteiger partial charge >= 0.3 is 0 Å². The molecule has 0 amide bonds. The van der Waals surface area contributed by atoms with E-state index in [2.05, 4.69) is 25.7 Å². The molecule has 0 aliphatic carbocycles. The highest BCUT2D eigenvalue weighted by atomic mass is 14.0. The van der Waals surface area contributed by atoms with Crippen LogP contribution in [0.15, 0.2) is 0 Å². The lowest BCUT2D eigenvalue weighted by molar-refractivity contribution is 0.531. The van der Waals surface area contributed by atoms with Crippen molar-refractivity contribution in [2.24, 2.45) is 0 Å². The van der Waals surface area contributed by atoms with E-state index in [0.29, 0.717) is 0 Å². The van der Waals surface area contributed by atoms with Crippen molar-refractivity contribution in [3.8, 4) is 11.8 Å². The van der Waals surface area contributed by atoms with Crippen LogP contribution >= 0.6 is 0 Å². The average molecular weight is 389 g/mol. The van der Waals surface area contributed by atoms with Gasteiger partial charge in [0.15, 0.2) is 0 Å². The summed E-state index contributed by atoms with van der Waals surface area (Å²) in [5.41, 5.74) is 0. The second kappa shape index (κ2) is 26.6. The van der Waals surface area contributed by atoms with E-state index in [1.807, 2.05) is 0 Å². The highest BCUT2D eigenvalue weighted by Crippen LogP contribution is 2.14. The van der Waals surface area contributed by atoms with Gasteiger partial charge < -0.3 is 0 Å². The van der Waals surface area contributed by atoms with Gasteiger partial charge in [0.1, 0.15) is 0 Å². The zero-order chi connectivity index (χ0) is 20.4. The first-order valence-corrected chi connectivity index (χ1v) is 13.0. The standard InChI is InChI=1S/C28H52/c1-3-5-7-9-11-13-15-17-19-21-23-25-27-28-26-24-22-20-18-16-14-12-10-8-6-4-2/h1-17,19,21-28H2. The quantitative estimate of drug-likeness (QED) is 0.128. The Balaban J connectivity index is 3.06. The third kappa shape index (κ3) is 25.6. The van der Waals surface area contributed by atoms with Crippen LogP contribution in [0.4, 0.5) is 0 Å². The summed E-state index contributed by atoms with van der Waals surface area (Å²) in [5, 5.41) is 0. The fourth-order valence-corrected chi connectivity index (χ4v) is 3.79. The number of hydrogen-bond acceptors (Lipinski definition) is 0. The van der Waals surface area contributed by atoms with E-state index in [0.717, 1.165) is 25.7 Å². The molecule has 0 spiro atoms. The molecule has 0 aromatic carbocycles. The van der Waals surface area contributed by atoms with Gasteiger partial charge in [0, 0.05) is 12.8 Å². The number of hydrogen-bond donors (Lipinski definition) is 0. The normalized spacial score (nSPS) is 10.8. The van der Waals surface area contributed by atoms with E-state index in [9.17, 15) is 0 Å². The zero-order valence-electron chi connectivity index (χ0n) is 19.4. The first kappa shape index (κ1) is 27.6. The molecule has 0 heteroatoms. The van der Waals surface area contributed by atoms with Gasteiger partial charge in [-0.3, -0.25) is 0 Å². The average Bonchev–Trinajstić information content (AvgIpc) is 2.71. The molecule has 0 aromatic rings. The monoisotopic (exact) mass is 388 g/mol. The molecule has 0 aliphatic rings. The van der Waals surface area contributed by atoms with E-state index < -0.39 is 0 Å². The molecule has 0 aromatic heterocycles. The van der Waals surface area contributed by atoms with Gasteiger partial charge in [-0.15, -0.1) is 11.8 Å². The molecule has 164 valence electrons. The van der Waals surface area contributed by atoms with Crippen molar-refractivity contribution in [1.29, 1.82) is 0 Å². The highest BCUT2D eigenvalue weighted by Gasteiger charge is 1.94. The molecule has 0 heterocycles. The molecular formula is C28H52. The molecule has 2 radical (unpaired) electrons. The molecule has 0 bridgehead atoms. The Morgan fingerprint density at radius 2 is 0.500 bits per heavy atom. The Hall–Kier alpha value is -0.440. The second-order valence-corrected chi connectivity index (χ2v) is 8.63. The first-order chi connectivity index (χ1) is 13.9. The smallest absolute Gasteiger partial charge is 0.00886 e. The third-order valence-corrected chi connectivity index (χ3v) is 5.73. The topological polar surface area (TPSA) is 0 Å². The molecule has 0 rings (SSSR count). The Bertz CT molecular complexity index is 319. The van der Waals surface area contributed by atoms with Crippen molar-refractivity contribution < 1.29 is 0 Å². The Labute approximate surface area is 180 Å². The molecule has 0 unspecified atom stereocenters. The van der Waals surface area contributed by atoms with Gasteiger partial charge in [-0.2, -0.15) is 0 Å². The molecule has 0 nitrogen and oxygen atoms in total. The Morgan fingerprint density at radius 1 is 0.286 bits per heavy atom. The lowest BCUT2D eigenvalue weighted by atomic mass is 10.0. The van der Waals surface area contributed by atoms with Crippen molar-refractivity contribution in [2.45, 2.75) is 154 Å². The minimum Gasteiger partial charge on any atom is -0.103 e. The van der Waals surface area contributed by atoms with Gasteiger partial charge in [0.25, 0.3) is 0 Å². The number of unbranched alkanes of at least 4 members (excludes halogenated alkanes) is 22. The second-order valence-electron chi connectivity index (χ2n) is 8.63. The lowest BCUT2D eigenvalue weighted by Crippen LogP contribution is -1.83. The SMILES string of the molecule is [CH2]CCCCCCCC#CCCCCCCCCCCCCCCCCC[CH2]. The summed E-state index contributed by atoms with van der Waals surface area (Å²) < 4.78 is 0. The van der Waals surface area contributed by atoms with Gasteiger partial charge in [-0.1, -0.05) is 142 Å². The van der Waals surface area contributed by atoms with Crippen LogP contribution in [-0.4, -0.2) is 0 Å². The Kier molecular flexibility index (Phi) is 26.1. The van der Waals surface area contributed by atoms with Crippen LogP contribution in [0.25, 0.3) is 0 Å². The summed E-state index contributed by atoms with van der Waals surface area (Å²) >= 11 is 0. The Morgan fingerprint density at radius 3 is 0.750 bits per heavy atom. The highest BCUT2D eigenvalue weighted by molar-refractivity contribution is 4.98. The molecule has 28 heavy (non-hydrogen) atoms. The molecule has 0 N–H and O–H groups in total. The summed E-state index contributed by atoms with van der Waals surface area (Å²) in [6.45, 7) is 7.80. The van der Waals surface area contributed by atoms with Gasteiger partial charge in [0.05, 0.1) is 0 Å². The van der Waals surface area contributed by atoms with Gasteiger partial charge in [0.2, 0.25) is 0 Å². The molecule has 0 saturated carbocycles. The largest absolute Gasteiger partial charge is 0.103 e. The van der Waals surface area contributed by atoms with Crippen LogP contribution in [0.2, 0.25) is 0 Å². The van der Waals surface area contributed by atoms with Crippen molar-refractivity contribution in [3.63, 3.8) is 0 Å². The van der Waals surface area contributed by atoms with E-state index >= 15 is 0 Å². The maximum atomic E-state index is 3.91. The minimum absolute atomic E-state index is 1.09. The predicted octanol–water partition coefficient (Wildman–Crippen LogP) is 10.0. The van der Waals surface area contributed by atoms with Crippen molar-refractivity contribution in [2.75, 3.05) is 0 Å². The van der Waals surface area contributed by atoms with Crippen molar-refractivity contribution >= 4 is 0 Å². The van der Waals surface area contributed by atoms with Crippen LogP contribution in [0.3, 0.4) is 0 Å². The summed E-state index contributed by atoms with van der Waals surface area (Å²) in [7, 11) is 0. The molecule has 0 atom stereocenters. The molecule has 0 aliphatic heterocycles. The van der Waals surface area contributed by atoms with E-state index in [1.165, 1.54) is 128 Å². The van der Waals surface area contributed by atoms with Crippen LogP contribution in [0.1, 0.15) is 154 Å². The van der Waals surface area contributed by atoms with Crippen LogP contribution in [-0.2, 0) is 0 Å². The van der Waals surface area contributed by atoms with Gasteiger partial charge in [-0.05, 0) is 12.8 Å². The maximum Gasteiger partial charge on any atom is 0.00886 e. The molecular weight excluding hydrogens is 336 g/mol. The van der Waals surface area contributed by atoms with Crippen LogP contribution in [0.5, 0.6) is 0 Å². The first-order valence-electron chi connectivity index (χ1n) is 13.0. The van der Waals surface area contributed by atoms with Crippen molar-refractivity contribution in [1.82, 2.24) is 0 Å². The fourth-order valence-electron chi connectivity index (χ4n) is 3.79. The van der Waals surface area contributed by atoms with E-state index in [4.69, 9.17) is 0 Å². The summed E-state index contributed by atoms with van der Waals surface area (Å²) in [6, 6.07) is 0. The van der Waals surface area contributed by atoms with Crippen LogP contribution < -0.4 is 0 Å².